The van der Waals surface area contributed by atoms with Gasteiger partial charge in [-0.3, -0.25) is 9.59 Å². The molecule has 0 radical (unpaired) electrons. The first-order valence-electron chi connectivity index (χ1n) is 14.5. The number of ether oxygens (including phenoxy) is 1. The predicted octanol–water partition coefficient (Wildman–Crippen LogP) is 4.25. The summed E-state index contributed by atoms with van der Waals surface area (Å²) in [6.07, 6.45) is 1.20. The monoisotopic (exact) mass is 577 g/mol. The van der Waals surface area contributed by atoms with Crippen LogP contribution >= 0.6 is 0 Å². The average molecular weight is 578 g/mol. The van der Waals surface area contributed by atoms with Gasteiger partial charge in [-0.1, -0.05) is 29.4 Å². The van der Waals surface area contributed by atoms with Gasteiger partial charge in [0.05, 0.1) is 18.8 Å². The van der Waals surface area contributed by atoms with Crippen molar-refractivity contribution in [3.05, 3.63) is 58.8 Å². The molecule has 3 aromatic rings. The van der Waals surface area contributed by atoms with Gasteiger partial charge in [-0.2, -0.15) is 0 Å². The Hall–Kier alpha value is -4.08. The highest BCUT2D eigenvalue weighted by molar-refractivity contribution is 5.90. The minimum atomic E-state index is -0.601. The Morgan fingerprint density at radius 3 is 2.36 bits per heavy atom. The van der Waals surface area contributed by atoms with Gasteiger partial charge in [0.1, 0.15) is 5.60 Å². The molecule has 0 spiro atoms. The molecule has 3 amide bonds. The lowest BCUT2D eigenvalue weighted by atomic mass is 10.1. The standard InChI is InChI=1S/C32H43N5O5/c1-8-36(31(40)41-32(4,5)6)14-13-33-29(38)19-37(27-18-28-26(15-21(27)2)22(3)34-42-28)20-30(39)35(7)25-16-23-11-9-10-12-24(23)17-25/h9-12,15,18,25H,8,13-14,16-17,19-20H2,1-7H3,(H,33,38). The molecule has 0 saturated heterocycles. The number of aryl methyl sites for hydroxylation is 2. The molecule has 1 aliphatic rings. The number of carbonyl (C=O) groups is 3. The quantitative estimate of drug-likeness (QED) is 0.384. The maximum absolute atomic E-state index is 13.6. The molecule has 4 rings (SSSR count). The zero-order valence-corrected chi connectivity index (χ0v) is 25.8. The highest BCUT2D eigenvalue weighted by atomic mass is 16.6. The van der Waals surface area contributed by atoms with E-state index < -0.39 is 11.7 Å². The van der Waals surface area contributed by atoms with Crippen LogP contribution in [0.3, 0.4) is 0 Å². The molecule has 0 atom stereocenters. The molecule has 0 saturated carbocycles. The number of hydrogen-bond acceptors (Lipinski definition) is 7. The average Bonchev–Trinajstić information content (AvgIpc) is 3.52. The number of hydrogen-bond donors (Lipinski definition) is 1. The fourth-order valence-electron chi connectivity index (χ4n) is 5.32. The number of carbonyl (C=O) groups excluding carboxylic acids is 3. The first kappa shape index (κ1) is 30.9. The molecule has 0 unspecified atom stereocenters. The van der Waals surface area contributed by atoms with Crippen molar-refractivity contribution in [1.82, 2.24) is 20.3 Å². The summed E-state index contributed by atoms with van der Waals surface area (Å²) in [6.45, 7) is 12.2. The van der Waals surface area contributed by atoms with Crippen LogP contribution in [-0.4, -0.2) is 84.3 Å². The summed E-state index contributed by atoms with van der Waals surface area (Å²) in [4.78, 5) is 44.4. The van der Waals surface area contributed by atoms with E-state index in [1.807, 2.05) is 72.9 Å². The van der Waals surface area contributed by atoms with Gasteiger partial charge in [-0.25, -0.2) is 4.79 Å². The van der Waals surface area contributed by atoms with E-state index in [0.717, 1.165) is 35.2 Å². The topological polar surface area (TPSA) is 108 Å². The number of aromatic nitrogens is 1. The fourth-order valence-corrected chi connectivity index (χ4v) is 5.32. The molecule has 1 aromatic heterocycles. The van der Waals surface area contributed by atoms with Crippen LogP contribution in [0.2, 0.25) is 0 Å². The first-order valence-corrected chi connectivity index (χ1v) is 14.5. The number of rotatable bonds is 10. The van der Waals surface area contributed by atoms with Crippen LogP contribution in [-0.2, 0) is 27.2 Å². The summed E-state index contributed by atoms with van der Waals surface area (Å²) in [7, 11) is 1.84. The van der Waals surface area contributed by atoms with Gasteiger partial charge in [0.2, 0.25) is 11.8 Å². The van der Waals surface area contributed by atoms with Crippen molar-refractivity contribution in [3.8, 4) is 0 Å². The Morgan fingerprint density at radius 1 is 1.07 bits per heavy atom. The number of amides is 3. The Balaban J connectivity index is 1.46. The maximum atomic E-state index is 13.6. The molecular formula is C32H43N5O5. The molecule has 2 aromatic carbocycles. The molecule has 0 fully saturated rings. The zero-order valence-electron chi connectivity index (χ0n) is 25.8. The molecule has 1 aliphatic carbocycles. The van der Waals surface area contributed by atoms with Gasteiger partial charge in [-0.15, -0.1) is 0 Å². The normalized spacial score (nSPS) is 13.1. The van der Waals surface area contributed by atoms with Crippen molar-refractivity contribution in [2.45, 2.75) is 66.0 Å². The van der Waals surface area contributed by atoms with E-state index in [-0.39, 0.29) is 37.5 Å². The summed E-state index contributed by atoms with van der Waals surface area (Å²) >= 11 is 0. The van der Waals surface area contributed by atoms with E-state index >= 15 is 0 Å². The third-order valence-electron chi connectivity index (χ3n) is 7.68. The largest absolute Gasteiger partial charge is 0.444 e. The van der Waals surface area contributed by atoms with Gasteiger partial charge in [0.25, 0.3) is 0 Å². The highest BCUT2D eigenvalue weighted by Crippen LogP contribution is 2.29. The van der Waals surface area contributed by atoms with Crippen LogP contribution in [0.25, 0.3) is 11.0 Å². The number of likely N-dealkylation sites (N-methyl/N-ethyl adjacent to an activating group) is 2. The van der Waals surface area contributed by atoms with Gasteiger partial charge in [0.15, 0.2) is 5.58 Å². The second-order valence-corrected chi connectivity index (χ2v) is 12.0. The third-order valence-corrected chi connectivity index (χ3v) is 7.68. The zero-order chi connectivity index (χ0) is 30.6. The van der Waals surface area contributed by atoms with Gasteiger partial charge < -0.3 is 29.3 Å². The van der Waals surface area contributed by atoms with E-state index in [0.29, 0.717) is 18.7 Å². The van der Waals surface area contributed by atoms with E-state index in [1.54, 1.807) is 14.7 Å². The van der Waals surface area contributed by atoms with E-state index in [2.05, 4.69) is 22.6 Å². The van der Waals surface area contributed by atoms with Gasteiger partial charge in [0, 0.05) is 49.9 Å². The Kier molecular flexibility index (Phi) is 9.43. The number of nitrogens with one attached hydrogen (secondary N) is 1. The number of anilines is 1. The second-order valence-electron chi connectivity index (χ2n) is 12.0. The molecule has 0 aliphatic heterocycles. The van der Waals surface area contributed by atoms with Crippen molar-refractivity contribution in [2.24, 2.45) is 0 Å². The first-order chi connectivity index (χ1) is 19.9. The molecule has 10 heteroatoms. The minimum Gasteiger partial charge on any atom is -0.444 e. The number of fused-ring (bicyclic) bond motifs is 2. The summed E-state index contributed by atoms with van der Waals surface area (Å²) in [6, 6.07) is 12.2. The molecule has 0 bridgehead atoms. The van der Waals surface area contributed by atoms with Crippen LogP contribution in [0.1, 0.15) is 50.1 Å². The van der Waals surface area contributed by atoms with Crippen LogP contribution in [0.5, 0.6) is 0 Å². The summed E-state index contributed by atoms with van der Waals surface area (Å²) in [5.41, 5.74) is 4.96. The smallest absolute Gasteiger partial charge is 0.410 e. The Labute approximate surface area is 247 Å². The predicted molar refractivity (Wildman–Crippen MR) is 163 cm³/mol. The van der Waals surface area contributed by atoms with Crippen molar-refractivity contribution < 1.29 is 23.6 Å². The number of nitrogens with zero attached hydrogens (tertiary/aromatic N) is 4. The minimum absolute atomic E-state index is 0.0230. The lowest BCUT2D eigenvalue weighted by Gasteiger charge is -2.30. The molecule has 10 nitrogen and oxygen atoms in total. The maximum Gasteiger partial charge on any atom is 0.410 e. The summed E-state index contributed by atoms with van der Waals surface area (Å²) < 4.78 is 11.0. The number of benzene rings is 2. The second kappa shape index (κ2) is 12.8. The van der Waals surface area contributed by atoms with Crippen LogP contribution in [0.15, 0.2) is 40.9 Å². The summed E-state index contributed by atoms with van der Waals surface area (Å²) in [5.74, 6) is -0.330. The lowest BCUT2D eigenvalue weighted by Crippen LogP contribution is -2.47. The molecule has 42 heavy (non-hydrogen) atoms. The fraction of sp³-hybridized carbons (Fsp3) is 0.500. The van der Waals surface area contributed by atoms with Crippen LogP contribution in [0.4, 0.5) is 10.5 Å². The van der Waals surface area contributed by atoms with E-state index in [4.69, 9.17) is 9.26 Å². The molecule has 1 heterocycles. The Morgan fingerprint density at radius 2 is 1.74 bits per heavy atom. The summed E-state index contributed by atoms with van der Waals surface area (Å²) in [5, 5.41) is 7.87. The van der Waals surface area contributed by atoms with Crippen molar-refractivity contribution in [2.75, 3.05) is 44.7 Å². The molecule has 226 valence electrons. The SMILES string of the molecule is CCN(CCNC(=O)CN(CC(=O)N(C)C1Cc2ccccc2C1)c1cc2onc(C)c2cc1C)C(=O)OC(C)(C)C. The molecule has 1 N–H and O–H groups in total. The van der Waals surface area contributed by atoms with E-state index in [1.165, 1.54) is 11.1 Å². The van der Waals surface area contributed by atoms with Gasteiger partial charge in [-0.05, 0) is 77.1 Å². The molecular weight excluding hydrogens is 534 g/mol. The van der Waals surface area contributed by atoms with E-state index in [9.17, 15) is 14.4 Å². The Bertz CT molecular complexity index is 1420. The van der Waals surface area contributed by atoms with Crippen LogP contribution < -0.4 is 10.2 Å². The van der Waals surface area contributed by atoms with Gasteiger partial charge >= 0.3 is 6.09 Å². The van der Waals surface area contributed by atoms with Crippen molar-refractivity contribution in [1.29, 1.82) is 0 Å². The highest BCUT2D eigenvalue weighted by Gasteiger charge is 2.29. The van der Waals surface area contributed by atoms with Crippen molar-refractivity contribution in [3.63, 3.8) is 0 Å². The van der Waals surface area contributed by atoms with Crippen molar-refractivity contribution >= 4 is 34.6 Å². The third kappa shape index (κ3) is 7.40. The van der Waals surface area contributed by atoms with Crippen LogP contribution in [0, 0.1) is 13.8 Å². The lowest BCUT2D eigenvalue weighted by molar-refractivity contribution is -0.130.